The number of ether oxygens (including phenoxy) is 1. The van der Waals surface area contributed by atoms with Gasteiger partial charge < -0.3 is 14.6 Å². The number of fused-ring (bicyclic) bond motifs is 1. The molecule has 1 fully saturated rings. The Hall–Kier alpha value is -1.94. The minimum absolute atomic E-state index is 0.287. The zero-order valence-electron chi connectivity index (χ0n) is 12.8. The van der Waals surface area contributed by atoms with Crippen LogP contribution in [0, 0.1) is 0 Å². The molecule has 132 valence electrons. The predicted octanol–water partition coefficient (Wildman–Crippen LogP) is 2.15. The molecule has 2 heterocycles. The highest BCUT2D eigenvalue weighted by Crippen LogP contribution is 2.34. The lowest BCUT2D eigenvalue weighted by Gasteiger charge is -2.35. The molecule has 0 amide bonds. The van der Waals surface area contributed by atoms with E-state index >= 15 is 0 Å². The Balaban J connectivity index is 1.90. The summed E-state index contributed by atoms with van der Waals surface area (Å²) < 4.78 is 66.0. The predicted molar refractivity (Wildman–Crippen MR) is 83.6 cm³/mol. The molecule has 2 aromatic rings. The zero-order chi connectivity index (χ0) is 17.5. The first-order valence-electron chi connectivity index (χ1n) is 7.20. The number of aromatic amines is 1. The lowest BCUT2D eigenvalue weighted by molar-refractivity contribution is -0.274. The van der Waals surface area contributed by atoms with Gasteiger partial charge in [0.2, 0.25) is 10.0 Å². The Labute approximate surface area is 136 Å². The van der Waals surface area contributed by atoms with Gasteiger partial charge in [0.05, 0.1) is 11.8 Å². The van der Waals surface area contributed by atoms with Crippen LogP contribution in [0.1, 0.15) is 0 Å². The van der Waals surface area contributed by atoms with Gasteiger partial charge in [0.1, 0.15) is 5.75 Å². The first kappa shape index (κ1) is 16.9. The summed E-state index contributed by atoms with van der Waals surface area (Å²) in [5.41, 5.74) is 1.11. The SMILES string of the molecule is CS(=O)(=O)N1CCN(c2cc(OC(F)(F)F)cc3[nH]ccc23)CC1. The maximum atomic E-state index is 12.5. The van der Waals surface area contributed by atoms with Crippen LogP contribution in [0.3, 0.4) is 0 Å². The van der Waals surface area contributed by atoms with E-state index in [1.165, 1.54) is 16.4 Å². The van der Waals surface area contributed by atoms with Crippen LogP contribution in [-0.2, 0) is 10.0 Å². The van der Waals surface area contributed by atoms with Crippen molar-refractivity contribution in [1.29, 1.82) is 0 Å². The monoisotopic (exact) mass is 363 g/mol. The van der Waals surface area contributed by atoms with Crippen LogP contribution >= 0.6 is 0 Å². The highest BCUT2D eigenvalue weighted by atomic mass is 32.2. The molecule has 24 heavy (non-hydrogen) atoms. The molecule has 0 bridgehead atoms. The summed E-state index contributed by atoms with van der Waals surface area (Å²) in [4.78, 5) is 4.74. The summed E-state index contributed by atoms with van der Waals surface area (Å²) in [6.07, 6.45) is -1.99. The molecule has 0 radical (unpaired) electrons. The minimum Gasteiger partial charge on any atom is -0.406 e. The Morgan fingerprint density at radius 2 is 1.83 bits per heavy atom. The van der Waals surface area contributed by atoms with Crippen molar-refractivity contribution in [2.75, 3.05) is 37.3 Å². The number of anilines is 1. The standard InChI is InChI=1S/C14H16F3N3O3S/c1-24(21,22)20-6-4-19(5-7-20)13-9-10(23-14(15,16)17)8-12-11(13)2-3-18-12/h2-3,8-9,18H,4-7H2,1H3. The minimum atomic E-state index is -4.77. The molecule has 0 atom stereocenters. The quantitative estimate of drug-likeness (QED) is 0.908. The topological polar surface area (TPSA) is 65.6 Å². The van der Waals surface area contributed by atoms with Crippen LogP contribution in [-0.4, -0.2) is 56.5 Å². The number of halogens is 3. The average molecular weight is 363 g/mol. The van der Waals surface area contributed by atoms with Gasteiger partial charge in [-0.05, 0) is 6.07 Å². The second kappa shape index (κ2) is 5.85. The third-order valence-electron chi connectivity index (χ3n) is 3.90. The number of hydrogen-bond donors (Lipinski definition) is 1. The third kappa shape index (κ3) is 3.59. The van der Waals surface area contributed by atoms with Crippen LogP contribution in [0.5, 0.6) is 5.75 Å². The Kier molecular flexibility index (Phi) is 4.12. The van der Waals surface area contributed by atoms with E-state index in [0.717, 1.165) is 11.6 Å². The first-order chi connectivity index (χ1) is 11.1. The molecule has 1 aliphatic rings. The number of sulfonamides is 1. The van der Waals surface area contributed by atoms with E-state index in [2.05, 4.69) is 9.72 Å². The molecule has 0 saturated carbocycles. The van der Waals surface area contributed by atoms with E-state index in [4.69, 9.17) is 0 Å². The van der Waals surface area contributed by atoms with Crippen molar-refractivity contribution in [2.45, 2.75) is 6.36 Å². The molecule has 1 N–H and O–H groups in total. The molecule has 0 spiro atoms. The molecular weight excluding hydrogens is 347 g/mol. The molecule has 1 saturated heterocycles. The maximum Gasteiger partial charge on any atom is 0.573 e. The fourth-order valence-corrected chi connectivity index (χ4v) is 3.66. The van der Waals surface area contributed by atoms with Crippen molar-refractivity contribution in [1.82, 2.24) is 9.29 Å². The van der Waals surface area contributed by atoms with Crippen LogP contribution in [0.25, 0.3) is 10.9 Å². The van der Waals surface area contributed by atoms with Gasteiger partial charge in [-0.3, -0.25) is 0 Å². The van der Waals surface area contributed by atoms with E-state index < -0.39 is 16.4 Å². The van der Waals surface area contributed by atoms with E-state index in [1.54, 1.807) is 12.3 Å². The van der Waals surface area contributed by atoms with Crippen molar-refractivity contribution in [3.63, 3.8) is 0 Å². The van der Waals surface area contributed by atoms with E-state index in [-0.39, 0.29) is 18.8 Å². The number of benzene rings is 1. The lowest BCUT2D eigenvalue weighted by atomic mass is 10.1. The number of nitrogens with zero attached hydrogens (tertiary/aromatic N) is 2. The van der Waals surface area contributed by atoms with Crippen molar-refractivity contribution < 1.29 is 26.3 Å². The first-order valence-corrected chi connectivity index (χ1v) is 9.05. The Bertz CT molecular complexity index is 840. The molecule has 10 heteroatoms. The summed E-state index contributed by atoms with van der Waals surface area (Å²) in [6, 6.07) is 4.39. The molecule has 6 nitrogen and oxygen atoms in total. The van der Waals surface area contributed by atoms with E-state index in [9.17, 15) is 21.6 Å². The molecule has 0 aliphatic carbocycles. The largest absolute Gasteiger partial charge is 0.573 e. The number of rotatable bonds is 3. The van der Waals surface area contributed by atoms with Gasteiger partial charge in [-0.2, -0.15) is 4.31 Å². The van der Waals surface area contributed by atoms with Crippen LogP contribution in [0.4, 0.5) is 18.9 Å². The van der Waals surface area contributed by atoms with Gasteiger partial charge in [0.15, 0.2) is 0 Å². The summed E-state index contributed by atoms with van der Waals surface area (Å²) in [5, 5.41) is 0.761. The van der Waals surface area contributed by atoms with Crippen molar-refractivity contribution in [3.8, 4) is 5.75 Å². The summed E-state index contributed by atoms with van der Waals surface area (Å²) in [6.45, 7) is 1.36. The third-order valence-corrected chi connectivity index (χ3v) is 5.21. The normalized spacial score (nSPS) is 17.4. The number of hydrogen-bond acceptors (Lipinski definition) is 4. The molecule has 1 aliphatic heterocycles. The number of H-pyrrole nitrogens is 1. The van der Waals surface area contributed by atoms with Gasteiger partial charge in [-0.25, -0.2) is 8.42 Å². The van der Waals surface area contributed by atoms with Crippen molar-refractivity contribution in [2.24, 2.45) is 0 Å². The van der Waals surface area contributed by atoms with Crippen LogP contribution < -0.4 is 9.64 Å². The number of nitrogens with one attached hydrogen (secondary N) is 1. The van der Waals surface area contributed by atoms with E-state index in [1.807, 2.05) is 4.90 Å². The fourth-order valence-electron chi connectivity index (χ4n) is 2.84. The van der Waals surface area contributed by atoms with E-state index in [0.29, 0.717) is 24.3 Å². The second-order valence-electron chi connectivity index (χ2n) is 5.58. The molecule has 3 rings (SSSR count). The highest BCUT2D eigenvalue weighted by Gasteiger charge is 2.32. The molecule has 1 aromatic carbocycles. The average Bonchev–Trinajstić information content (AvgIpc) is 2.92. The smallest absolute Gasteiger partial charge is 0.406 e. The zero-order valence-corrected chi connectivity index (χ0v) is 13.6. The number of aromatic nitrogens is 1. The van der Waals surface area contributed by atoms with Crippen molar-refractivity contribution in [3.05, 3.63) is 24.4 Å². The number of alkyl halides is 3. The number of piperazine rings is 1. The Morgan fingerprint density at radius 1 is 1.17 bits per heavy atom. The highest BCUT2D eigenvalue weighted by molar-refractivity contribution is 7.88. The van der Waals surface area contributed by atoms with Crippen LogP contribution in [0.2, 0.25) is 0 Å². The molecular formula is C14H16F3N3O3S. The molecule has 0 unspecified atom stereocenters. The van der Waals surface area contributed by atoms with Crippen molar-refractivity contribution >= 4 is 26.6 Å². The van der Waals surface area contributed by atoms with Crippen LogP contribution in [0.15, 0.2) is 24.4 Å². The van der Waals surface area contributed by atoms with Gasteiger partial charge in [0, 0.05) is 55.6 Å². The summed E-state index contributed by atoms with van der Waals surface area (Å²) >= 11 is 0. The summed E-state index contributed by atoms with van der Waals surface area (Å²) in [5.74, 6) is -0.307. The summed E-state index contributed by atoms with van der Waals surface area (Å²) in [7, 11) is -3.27. The van der Waals surface area contributed by atoms with Gasteiger partial charge in [-0.15, -0.1) is 13.2 Å². The second-order valence-corrected chi connectivity index (χ2v) is 7.56. The van der Waals surface area contributed by atoms with Gasteiger partial charge in [0.25, 0.3) is 0 Å². The Morgan fingerprint density at radius 3 is 2.42 bits per heavy atom. The maximum absolute atomic E-state index is 12.5. The van der Waals surface area contributed by atoms with Gasteiger partial charge in [-0.1, -0.05) is 0 Å². The van der Waals surface area contributed by atoms with Gasteiger partial charge >= 0.3 is 6.36 Å². The fraction of sp³-hybridized carbons (Fsp3) is 0.429. The molecule has 1 aromatic heterocycles. The lowest BCUT2D eigenvalue weighted by Crippen LogP contribution is -2.48.